The Bertz CT molecular complexity index is 427. The molecule has 0 fully saturated rings. The number of halogens is 1. The highest BCUT2D eigenvalue weighted by Crippen LogP contribution is 2.33. The summed E-state index contributed by atoms with van der Waals surface area (Å²) >= 11 is 1.48. The number of hydrogen-bond acceptors (Lipinski definition) is 3. The number of hydrogen-bond donors (Lipinski definition) is 1. The number of ether oxygens (including phenoxy) is 1. The molecule has 2 nitrogen and oxygen atoms in total. The van der Waals surface area contributed by atoms with Gasteiger partial charge in [0.25, 0.3) is 0 Å². The summed E-state index contributed by atoms with van der Waals surface area (Å²) in [6, 6.07) is 4.90. The van der Waals surface area contributed by atoms with Gasteiger partial charge >= 0.3 is 0 Å². The average Bonchev–Trinajstić information content (AvgIpc) is 2.48. The summed E-state index contributed by atoms with van der Waals surface area (Å²) in [4.78, 5) is 0. The topological polar surface area (TPSA) is 35.2 Å². The maximum Gasteiger partial charge on any atom is 0.174 e. The number of anilines is 1. The van der Waals surface area contributed by atoms with Gasteiger partial charge in [-0.15, -0.1) is 0 Å². The standard InChI is InChI=1S/C10H10FNOS/c1-2-13-10-4-6-3-7(11)8(12)5-9(6)14-10/h3-5H,2,12H2,1H3. The van der Waals surface area contributed by atoms with Crippen LogP contribution in [0.3, 0.4) is 0 Å². The summed E-state index contributed by atoms with van der Waals surface area (Å²) in [5, 5.41) is 1.64. The molecule has 0 bridgehead atoms. The number of thiophene rings is 1. The molecule has 1 aromatic carbocycles. The van der Waals surface area contributed by atoms with Gasteiger partial charge in [0.1, 0.15) is 5.82 Å². The summed E-state index contributed by atoms with van der Waals surface area (Å²) in [6.07, 6.45) is 0. The number of nitrogen functional groups attached to an aromatic ring is 1. The molecule has 74 valence electrons. The van der Waals surface area contributed by atoms with Crippen LogP contribution < -0.4 is 10.5 Å². The van der Waals surface area contributed by atoms with Gasteiger partial charge in [-0.2, -0.15) is 0 Å². The number of fused-ring (bicyclic) bond motifs is 1. The molecule has 0 aliphatic carbocycles. The zero-order valence-corrected chi connectivity index (χ0v) is 8.53. The monoisotopic (exact) mass is 211 g/mol. The Balaban J connectivity index is 2.54. The second-order valence-corrected chi connectivity index (χ2v) is 3.96. The van der Waals surface area contributed by atoms with Crippen molar-refractivity contribution in [2.45, 2.75) is 6.92 Å². The van der Waals surface area contributed by atoms with Crippen LogP contribution in [0.2, 0.25) is 0 Å². The molecule has 0 radical (unpaired) electrons. The Hall–Kier alpha value is -1.29. The van der Waals surface area contributed by atoms with Gasteiger partial charge in [0.05, 0.1) is 12.3 Å². The fraction of sp³-hybridized carbons (Fsp3) is 0.200. The predicted molar refractivity (Wildman–Crippen MR) is 57.4 cm³/mol. The smallest absolute Gasteiger partial charge is 0.174 e. The molecule has 0 aliphatic rings. The highest BCUT2D eigenvalue weighted by atomic mass is 32.1. The summed E-state index contributed by atoms with van der Waals surface area (Å²) in [6.45, 7) is 2.53. The third kappa shape index (κ3) is 1.53. The van der Waals surface area contributed by atoms with Crippen molar-refractivity contribution in [1.82, 2.24) is 0 Å². The van der Waals surface area contributed by atoms with Crippen molar-refractivity contribution in [2.75, 3.05) is 12.3 Å². The fourth-order valence-corrected chi connectivity index (χ4v) is 2.26. The maximum atomic E-state index is 13.1. The lowest BCUT2D eigenvalue weighted by Gasteiger charge is -1.94. The van der Waals surface area contributed by atoms with Crippen molar-refractivity contribution in [1.29, 1.82) is 0 Å². The molecule has 0 saturated carbocycles. The highest BCUT2D eigenvalue weighted by molar-refractivity contribution is 7.20. The van der Waals surface area contributed by atoms with Crippen LogP contribution >= 0.6 is 11.3 Å². The Morgan fingerprint density at radius 3 is 2.93 bits per heavy atom. The average molecular weight is 211 g/mol. The Labute approximate surface area is 85.1 Å². The summed E-state index contributed by atoms with van der Waals surface area (Å²) < 4.78 is 19.4. The molecule has 0 atom stereocenters. The molecule has 14 heavy (non-hydrogen) atoms. The third-order valence-electron chi connectivity index (χ3n) is 1.90. The normalized spacial score (nSPS) is 10.7. The van der Waals surface area contributed by atoms with Crippen LogP contribution in [0.1, 0.15) is 6.92 Å². The maximum absolute atomic E-state index is 13.1. The van der Waals surface area contributed by atoms with Gasteiger partial charge in [-0.1, -0.05) is 11.3 Å². The number of nitrogens with two attached hydrogens (primary N) is 1. The molecule has 0 amide bonds. The Kier molecular flexibility index (Phi) is 2.29. The molecular weight excluding hydrogens is 201 g/mol. The minimum Gasteiger partial charge on any atom is -0.484 e. The Morgan fingerprint density at radius 1 is 1.43 bits per heavy atom. The van der Waals surface area contributed by atoms with Gasteiger partial charge in [-0.25, -0.2) is 4.39 Å². The molecule has 2 aromatic rings. The first kappa shape index (κ1) is 9.27. The van der Waals surface area contributed by atoms with E-state index in [2.05, 4.69) is 0 Å². The van der Waals surface area contributed by atoms with Gasteiger partial charge < -0.3 is 10.5 Å². The van der Waals surface area contributed by atoms with E-state index >= 15 is 0 Å². The van der Waals surface area contributed by atoms with Gasteiger partial charge in [0.15, 0.2) is 5.06 Å². The van der Waals surface area contributed by atoms with Crippen LogP contribution in [0, 0.1) is 5.82 Å². The summed E-state index contributed by atoms with van der Waals surface area (Å²) in [5.74, 6) is -0.377. The number of benzene rings is 1. The van der Waals surface area contributed by atoms with E-state index in [-0.39, 0.29) is 11.5 Å². The van der Waals surface area contributed by atoms with Crippen molar-refractivity contribution in [3.63, 3.8) is 0 Å². The fourth-order valence-electron chi connectivity index (χ4n) is 1.26. The Morgan fingerprint density at radius 2 is 2.21 bits per heavy atom. The van der Waals surface area contributed by atoms with Gasteiger partial charge in [-0.05, 0) is 30.5 Å². The molecule has 0 aliphatic heterocycles. The van der Waals surface area contributed by atoms with E-state index in [1.807, 2.05) is 13.0 Å². The zero-order valence-electron chi connectivity index (χ0n) is 7.71. The minimum atomic E-state index is -0.377. The quantitative estimate of drug-likeness (QED) is 0.775. The number of rotatable bonds is 2. The van der Waals surface area contributed by atoms with Gasteiger partial charge in [-0.3, -0.25) is 0 Å². The van der Waals surface area contributed by atoms with Crippen LogP contribution in [-0.2, 0) is 0 Å². The zero-order chi connectivity index (χ0) is 10.1. The molecule has 4 heteroatoms. The van der Waals surface area contributed by atoms with E-state index in [4.69, 9.17) is 10.5 Å². The van der Waals surface area contributed by atoms with Crippen LogP contribution in [-0.4, -0.2) is 6.61 Å². The first-order valence-corrected chi connectivity index (χ1v) is 5.13. The van der Waals surface area contributed by atoms with Crippen molar-refractivity contribution in [3.05, 3.63) is 24.0 Å². The minimum absolute atomic E-state index is 0.183. The molecule has 0 spiro atoms. The molecule has 0 unspecified atom stereocenters. The van der Waals surface area contributed by atoms with Crippen molar-refractivity contribution in [3.8, 4) is 5.06 Å². The predicted octanol–water partition coefficient (Wildman–Crippen LogP) is 3.02. The summed E-state index contributed by atoms with van der Waals surface area (Å²) in [5.41, 5.74) is 5.64. The second-order valence-electron chi connectivity index (χ2n) is 2.91. The lowest BCUT2D eigenvalue weighted by Crippen LogP contribution is -1.88. The van der Waals surface area contributed by atoms with Crippen molar-refractivity contribution >= 4 is 27.1 Å². The first-order chi connectivity index (χ1) is 6.70. The van der Waals surface area contributed by atoms with Gasteiger partial charge in [0.2, 0.25) is 0 Å². The molecule has 0 saturated heterocycles. The first-order valence-electron chi connectivity index (χ1n) is 4.32. The van der Waals surface area contributed by atoms with E-state index in [1.54, 1.807) is 6.07 Å². The molecule has 1 heterocycles. The van der Waals surface area contributed by atoms with Crippen LogP contribution in [0.5, 0.6) is 5.06 Å². The summed E-state index contributed by atoms with van der Waals surface area (Å²) in [7, 11) is 0. The largest absolute Gasteiger partial charge is 0.484 e. The van der Waals surface area contributed by atoms with Crippen LogP contribution in [0.4, 0.5) is 10.1 Å². The van der Waals surface area contributed by atoms with Crippen LogP contribution in [0.25, 0.3) is 10.1 Å². The van der Waals surface area contributed by atoms with E-state index < -0.39 is 0 Å². The lowest BCUT2D eigenvalue weighted by molar-refractivity contribution is 0.350. The molecule has 1 aromatic heterocycles. The van der Waals surface area contributed by atoms with Crippen molar-refractivity contribution < 1.29 is 9.13 Å². The second kappa shape index (κ2) is 3.46. The SMILES string of the molecule is CCOc1cc2cc(F)c(N)cc2s1. The van der Waals surface area contributed by atoms with E-state index in [9.17, 15) is 4.39 Å². The van der Waals surface area contributed by atoms with E-state index in [0.29, 0.717) is 6.61 Å². The van der Waals surface area contributed by atoms with Gasteiger partial charge in [0, 0.05) is 4.70 Å². The molecular formula is C10H10FNOS. The van der Waals surface area contributed by atoms with E-state index in [1.165, 1.54) is 17.4 Å². The lowest BCUT2D eigenvalue weighted by atomic mass is 10.2. The van der Waals surface area contributed by atoms with Crippen molar-refractivity contribution in [2.24, 2.45) is 0 Å². The molecule has 2 N–H and O–H groups in total. The highest BCUT2D eigenvalue weighted by Gasteiger charge is 2.06. The van der Waals surface area contributed by atoms with Crippen LogP contribution in [0.15, 0.2) is 18.2 Å². The third-order valence-corrected chi connectivity index (χ3v) is 2.91. The van der Waals surface area contributed by atoms with E-state index in [0.717, 1.165) is 15.1 Å². The molecule has 2 rings (SSSR count).